The molecule has 0 aromatic rings. The lowest BCUT2D eigenvalue weighted by Gasteiger charge is -2.11. The fourth-order valence-corrected chi connectivity index (χ4v) is 0.719. The van der Waals surface area contributed by atoms with Gasteiger partial charge in [-0.1, -0.05) is 0 Å². The molecule has 1 atom stereocenters. The largest absolute Gasteiger partial charge is 0.461 e. The average Bonchev–Trinajstić information content (AvgIpc) is 2.18. The second-order valence-electron chi connectivity index (χ2n) is 2.67. The summed E-state index contributed by atoms with van der Waals surface area (Å²) in [6.07, 6.45) is -0.554. The number of rotatable bonds is 8. The molecule has 0 aromatic carbocycles. The Morgan fingerprint density at radius 1 is 1.07 bits per heavy atom. The van der Waals surface area contributed by atoms with Gasteiger partial charge in [-0.05, 0) is 6.92 Å². The zero-order chi connectivity index (χ0) is 10.8. The summed E-state index contributed by atoms with van der Waals surface area (Å²) < 4.78 is 19.5. The molecule has 5 nitrogen and oxygen atoms in total. The Balaban J connectivity index is 3.44. The van der Waals surface area contributed by atoms with Gasteiger partial charge in [-0.3, -0.25) is 0 Å². The highest BCUT2D eigenvalue weighted by Gasteiger charge is 2.14. The van der Waals surface area contributed by atoms with E-state index in [2.05, 4.69) is 0 Å². The van der Waals surface area contributed by atoms with Crippen LogP contribution in [0, 0.1) is 0 Å². The number of hydrogen-bond acceptors (Lipinski definition) is 5. The molecule has 0 amide bonds. The summed E-state index contributed by atoms with van der Waals surface area (Å²) in [5, 5.41) is 0. The molecular weight excluding hydrogens is 188 g/mol. The van der Waals surface area contributed by atoms with Crippen LogP contribution in [-0.4, -0.2) is 52.7 Å². The van der Waals surface area contributed by atoms with Crippen molar-refractivity contribution in [2.24, 2.45) is 0 Å². The van der Waals surface area contributed by atoms with Crippen LogP contribution in [0.1, 0.15) is 6.92 Å². The van der Waals surface area contributed by atoms with Crippen LogP contribution in [0.3, 0.4) is 0 Å². The number of methoxy groups -OCH3 is 2. The van der Waals surface area contributed by atoms with Crippen molar-refractivity contribution in [3.8, 4) is 0 Å². The molecule has 84 valence electrons. The molecule has 0 saturated carbocycles. The average molecular weight is 206 g/mol. The van der Waals surface area contributed by atoms with E-state index in [0.29, 0.717) is 19.8 Å². The predicted octanol–water partition coefficient (Wildman–Crippen LogP) is 0.228. The van der Waals surface area contributed by atoms with Crippen LogP contribution in [0.4, 0.5) is 0 Å². The Morgan fingerprint density at radius 3 is 2.21 bits per heavy atom. The molecule has 5 heteroatoms. The van der Waals surface area contributed by atoms with Gasteiger partial charge in [0.1, 0.15) is 6.61 Å². The van der Waals surface area contributed by atoms with Crippen molar-refractivity contribution in [2.45, 2.75) is 13.0 Å². The van der Waals surface area contributed by atoms with Crippen molar-refractivity contribution in [1.29, 1.82) is 0 Å². The summed E-state index contributed by atoms with van der Waals surface area (Å²) in [5.74, 6) is -0.377. The van der Waals surface area contributed by atoms with Crippen molar-refractivity contribution in [2.75, 3.05) is 40.6 Å². The first-order chi connectivity index (χ1) is 6.72. The van der Waals surface area contributed by atoms with E-state index < -0.39 is 6.10 Å². The molecule has 0 bridgehead atoms. The molecule has 14 heavy (non-hydrogen) atoms. The molecule has 0 heterocycles. The molecule has 0 N–H and O–H groups in total. The van der Waals surface area contributed by atoms with Gasteiger partial charge in [-0.25, -0.2) is 4.79 Å². The predicted molar refractivity (Wildman–Crippen MR) is 50.1 cm³/mol. The fraction of sp³-hybridized carbons (Fsp3) is 0.889. The summed E-state index contributed by atoms with van der Waals surface area (Å²) in [7, 11) is 3.12. The maximum atomic E-state index is 11.2. The molecule has 0 aliphatic heterocycles. The molecule has 0 aliphatic carbocycles. The van der Waals surface area contributed by atoms with Gasteiger partial charge in [-0.15, -0.1) is 0 Å². The van der Waals surface area contributed by atoms with Crippen molar-refractivity contribution in [3.05, 3.63) is 0 Å². The monoisotopic (exact) mass is 206 g/mol. The van der Waals surface area contributed by atoms with Gasteiger partial charge in [0.15, 0.2) is 6.10 Å². The summed E-state index contributed by atoms with van der Waals surface area (Å²) >= 11 is 0. The topological polar surface area (TPSA) is 54.0 Å². The van der Waals surface area contributed by atoms with Crippen LogP contribution in [0.25, 0.3) is 0 Å². The standard InChI is InChI=1S/C9H18O5/c1-8(13-6-4-11-2)9(10)14-7-5-12-3/h8H,4-7H2,1-3H3/t8-/m1/s1. The third-order valence-corrected chi connectivity index (χ3v) is 1.52. The second-order valence-corrected chi connectivity index (χ2v) is 2.67. The van der Waals surface area contributed by atoms with Gasteiger partial charge in [0.2, 0.25) is 0 Å². The molecular formula is C9H18O5. The highest BCUT2D eigenvalue weighted by atomic mass is 16.6. The van der Waals surface area contributed by atoms with Crippen molar-refractivity contribution >= 4 is 5.97 Å². The number of esters is 1. The fourth-order valence-electron chi connectivity index (χ4n) is 0.719. The van der Waals surface area contributed by atoms with E-state index in [1.54, 1.807) is 21.1 Å². The summed E-state index contributed by atoms with van der Waals surface area (Å²) in [5.41, 5.74) is 0. The Labute approximate surface area is 84.3 Å². The first kappa shape index (κ1) is 13.4. The first-order valence-electron chi connectivity index (χ1n) is 4.48. The molecule has 0 rings (SSSR count). The van der Waals surface area contributed by atoms with Crippen LogP contribution in [0.5, 0.6) is 0 Å². The van der Waals surface area contributed by atoms with Crippen LogP contribution in [-0.2, 0) is 23.7 Å². The Bertz CT molecular complexity index is 148. The zero-order valence-corrected chi connectivity index (χ0v) is 8.95. The third kappa shape index (κ3) is 6.82. The molecule has 0 aromatic heterocycles. The summed E-state index contributed by atoms with van der Waals surface area (Å²) in [4.78, 5) is 11.2. The van der Waals surface area contributed by atoms with Crippen LogP contribution in [0.2, 0.25) is 0 Å². The van der Waals surface area contributed by atoms with Gasteiger partial charge < -0.3 is 18.9 Å². The minimum absolute atomic E-state index is 0.257. The minimum Gasteiger partial charge on any atom is -0.461 e. The molecule has 0 unspecified atom stereocenters. The Hall–Kier alpha value is -0.650. The summed E-state index contributed by atoms with van der Waals surface area (Å²) in [6, 6.07) is 0. The first-order valence-corrected chi connectivity index (χ1v) is 4.48. The number of carbonyl (C=O) groups excluding carboxylic acids is 1. The second kappa shape index (κ2) is 8.93. The van der Waals surface area contributed by atoms with Crippen LogP contribution >= 0.6 is 0 Å². The highest BCUT2D eigenvalue weighted by Crippen LogP contribution is 1.94. The lowest BCUT2D eigenvalue weighted by atomic mass is 10.4. The maximum Gasteiger partial charge on any atom is 0.335 e. The molecule has 0 aliphatic rings. The molecule has 0 fully saturated rings. The van der Waals surface area contributed by atoms with E-state index in [9.17, 15) is 4.79 Å². The zero-order valence-electron chi connectivity index (χ0n) is 8.95. The number of hydrogen-bond donors (Lipinski definition) is 0. The van der Waals surface area contributed by atoms with E-state index in [1.807, 2.05) is 0 Å². The SMILES string of the molecule is COCCOC(=O)[C@@H](C)OCCOC. The molecule has 0 saturated heterocycles. The quantitative estimate of drug-likeness (QED) is 0.420. The lowest BCUT2D eigenvalue weighted by molar-refractivity contribution is -0.157. The Kier molecular flexibility index (Phi) is 8.51. The van der Waals surface area contributed by atoms with Gasteiger partial charge >= 0.3 is 5.97 Å². The van der Waals surface area contributed by atoms with E-state index in [0.717, 1.165) is 0 Å². The summed E-state index contributed by atoms with van der Waals surface area (Å²) in [6.45, 7) is 3.15. The van der Waals surface area contributed by atoms with E-state index in [-0.39, 0.29) is 12.6 Å². The van der Waals surface area contributed by atoms with Gasteiger partial charge in [0, 0.05) is 14.2 Å². The smallest absolute Gasteiger partial charge is 0.335 e. The Morgan fingerprint density at radius 2 is 1.64 bits per heavy atom. The van der Waals surface area contributed by atoms with Gasteiger partial charge in [-0.2, -0.15) is 0 Å². The van der Waals surface area contributed by atoms with E-state index >= 15 is 0 Å². The van der Waals surface area contributed by atoms with Crippen molar-refractivity contribution in [3.63, 3.8) is 0 Å². The molecule has 0 spiro atoms. The number of carbonyl (C=O) groups is 1. The lowest BCUT2D eigenvalue weighted by Crippen LogP contribution is -2.26. The van der Waals surface area contributed by atoms with Crippen molar-refractivity contribution in [1.82, 2.24) is 0 Å². The maximum absolute atomic E-state index is 11.2. The van der Waals surface area contributed by atoms with E-state index in [4.69, 9.17) is 18.9 Å². The van der Waals surface area contributed by atoms with Gasteiger partial charge in [0.25, 0.3) is 0 Å². The molecule has 0 radical (unpaired) electrons. The van der Waals surface area contributed by atoms with Crippen LogP contribution < -0.4 is 0 Å². The van der Waals surface area contributed by atoms with Gasteiger partial charge in [0.05, 0.1) is 19.8 Å². The highest BCUT2D eigenvalue weighted by molar-refractivity contribution is 5.74. The van der Waals surface area contributed by atoms with E-state index in [1.165, 1.54) is 0 Å². The van der Waals surface area contributed by atoms with Crippen LogP contribution in [0.15, 0.2) is 0 Å². The number of ether oxygens (including phenoxy) is 4. The normalized spacial score (nSPS) is 12.5. The third-order valence-electron chi connectivity index (χ3n) is 1.52. The van der Waals surface area contributed by atoms with Crippen molar-refractivity contribution < 1.29 is 23.7 Å². The minimum atomic E-state index is -0.554.